The molecule has 0 aliphatic carbocycles. The van der Waals surface area contributed by atoms with E-state index in [0.29, 0.717) is 0 Å². The van der Waals surface area contributed by atoms with Gasteiger partial charge in [0, 0.05) is 55.9 Å². The molecule has 144 valence electrons. The van der Waals surface area contributed by atoms with Crippen molar-refractivity contribution in [2.45, 2.75) is 39.2 Å². The number of anilines is 2. The summed E-state index contributed by atoms with van der Waals surface area (Å²) in [6.07, 6.45) is 6.45. The molecule has 2 aromatic rings. The summed E-state index contributed by atoms with van der Waals surface area (Å²) in [4.78, 5) is 25.7. The van der Waals surface area contributed by atoms with Crippen LogP contribution in [0.3, 0.4) is 0 Å². The third kappa shape index (κ3) is 4.96. The Morgan fingerprint density at radius 2 is 1.81 bits per heavy atom. The first kappa shape index (κ1) is 19.1. The monoisotopic (exact) mass is 367 g/mol. The molecule has 6 nitrogen and oxygen atoms in total. The Kier molecular flexibility index (Phi) is 6.63. The van der Waals surface area contributed by atoms with Crippen molar-refractivity contribution in [3.63, 3.8) is 0 Å². The van der Waals surface area contributed by atoms with Crippen LogP contribution in [0.15, 0.2) is 42.7 Å². The predicted molar refractivity (Wildman–Crippen MR) is 109 cm³/mol. The number of nitrogens with one attached hydrogen (secondary N) is 1. The lowest BCUT2D eigenvalue weighted by Crippen LogP contribution is -2.45. The minimum absolute atomic E-state index is 0.00880. The number of piperidine rings is 1. The number of rotatable bonds is 7. The summed E-state index contributed by atoms with van der Waals surface area (Å²) in [5, 5.41) is 3.17. The SMILES string of the molecule is CCCN(CC)c1ccc(C(=O)NC2CCN(c3ncccn3)CC2)cc1. The number of hydrogen-bond donors (Lipinski definition) is 1. The molecule has 0 unspecified atom stereocenters. The largest absolute Gasteiger partial charge is 0.372 e. The average Bonchev–Trinajstić information content (AvgIpc) is 2.73. The normalized spacial score (nSPS) is 14.8. The van der Waals surface area contributed by atoms with Gasteiger partial charge >= 0.3 is 0 Å². The highest BCUT2D eigenvalue weighted by atomic mass is 16.1. The van der Waals surface area contributed by atoms with E-state index in [1.165, 1.54) is 5.69 Å². The summed E-state index contributed by atoms with van der Waals surface area (Å²) in [6.45, 7) is 8.06. The van der Waals surface area contributed by atoms with E-state index in [-0.39, 0.29) is 11.9 Å². The molecule has 1 N–H and O–H groups in total. The summed E-state index contributed by atoms with van der Waals surface area (Å²) in [6, 6.07) is 9.96. The zero-order valence-corrected chi connectivity index (χ0v) is 16.3. The van der Waals surface area contributed by atoms with E-state index in [2.05, 4.69) is 38.9 Å². The van der Waals surface area contributed by atoms with Crippen LogP contribution in [0.4, 0.5) is 11.6 Å². The predicted octanol–water partition coefficient (Wildman–Crippen LogP) is 3.11. The van der Waals surface area contributed by atoms with Gasteiger partial charge in [0.25, 0.3) is 5.91 Å². The molecule has 0 spiro atoms. The number of benzene rings is 1. The van der Waals surface area contributed by atoms with Gasteiger partial charge in [-0.05, 0) is 56.5 Å². The maximum Gasteiger partial charge on any atom is 0.251 e. The van der Waals surface area contributed by atoms with Crippen LogP contribution in [0.25, 0.3) is 0 Å². The summed E-state index contributed by atoms with van der Waals surface area (Å²) in [7, 11) is 0. The van der Waals surface area contributed by atoms with Crippen LogP contribution < -0.4 is 15.1 Å². The maximum absolute atomic E-state index is 12.6. The van der Waals surface area contributed by atoms with E-state index in [4.69, 9.17) is 0 Å². The van der Waals surface area contributed by atoms with Gasteiger partial charge in [0.2, 0.25) is 5.95 Å². The molecule has 3 rings (SSSR count). The molecule has 0 saturated carbocycles. The number of amides is 1. The minimum Gasteiger partial charge on any atom is -0.372 e. The third-order valence-electron chi connectivity index (χ3n) is 5.04. The van der Waals surface area contributed by atoms with E-state index >= 15 is 0 Å². The van der Waals surface area contributed by atoms with Crippen LogP contribution in [0.5, 0.6) is 0 Å². The summed E-state index contributed by atoms with van der Waals surface area (Å²) >= 11 is 0. The first-order valence-corrected chi connectivity index (χ1v) is 9.89. The van der Waals surface area contributed by atoms with Crippen LogP contribution in [0, 0.1) is 0 Å². The second kappa shape index (κ2) is 9.35. The van der Waals surface area contributed by atoms with Crippen molar-refractivity contribution >= 4 is 17.5 Å². The molecule has 0 bridgehead atoms. The zero-order valence-electron chi connectivity index (χ0n) is 16.3. The van der Waals surface area contributed by atoms with Gasteiger partial charge in [-0.2, -0.15) is 0 Å². The van der Waals surface area contributed by atoms with Crippen molar-refractivity contribution in [1.29, 1.82) is 0 Å². The Hall–Kier alpha value is -2.63. The van der Waals surface area contributed by atoms with Gasteiger partial charge < -0.3 is 15.1 Å². The van der Waals surface area contributed by atoms with Gasteiger partial charge in [-0.15, -0.1) is 0 Å². The molecule has 1 aliphatic heterocycles. The lowest BCUT2D eigenvalue weighted by atomic mass is 10.0. The highest BCUT2D eigenvalue weighted by Crippen LogP contribution is 2.18. The molecule has 1 aliphatic rings. The Morgan fingerprint density at radius 1 is 1.15 bits per heavy atom. The third-order valence-corrected chi connectivity index (χ3v) is 5.04. The number of carbonyl (C=O) groups excluding carboxylic acids is 1. The van der Waals surface area contributed by atoms with Gasteiger partial charge in [0.05, 0.1) is 0 Å². The minimum atomic E-state index is 0.00880. The number of nitrogens with zero attached hydrogens (tertiary/aromatic N) is 4. The zero-order chi connectivity index (χ0) is 19.1. The standard InChI is InChI=1S/C21H29N5O/c1-3-14-25(4-2)19-8-6-17(7-9-19)20(27)24-18-10-15-26(16-11-18)21-22-12-5-13-23-21/h5-9,12-13,18H,3-4,10-11,14-16H2,1-2H3,(H,24,27). The molecular formula is C21H29N5O. The van der Waals surface area contributed by atoms with Crippen molar-refractivity contribution < 1.29 is 4.79 Å². The van der Waals surface area contributed by atoms with Crippen molar-refractivity contribution in [2.75, 3.05) is 36.0 Å². The molecule has 0 radical (unpaired) electrons. The molecule has 1 saturated heterocycles. The average molecular weight is 367 g/mol. The molecule has 27 heavy (non-hydrogen) atoms. The smallest absolute Gasteiger partial charge is 0.251 e. The molecule has 1 fully saturated rings. The first-order chi connectivity index (χ1) is 13.2. The molecule has 0 atom stereocenters. The van der Waals surface area contributed by atoms with Crippen molar-refractivity contribution in [2.24, 2.45) is 0 Å². The van der Waals surface area contributed by atoms with Crippen LogP contribution in [-0.2, 0) is 0 Å². The van der Waals surface area contributed by atoms with Gasteiger partial charge in [-0.3, -0.25) is 4.79 Å². The molecule has 1 aromatic heterocycles. The van der Waals surface area contributed by atoms with Gasteiger partial charge in [-0.1, -0.05) is 6.92 Å². The molecule has 1 amide bonds. The van der Waals surface area contributed by atoms with Gasteiger partial charge in [0.1, 0.15) is 0 Å². The van der Waals surface area contributed by atoms with Gasteiger partial charge in [-0.25, -0.2) is 9.97 Å². The fraction of sp³-hybridized carbons (Fsp3) is 0.476. The van der Waals surface area contributed by atoms with E-state index < -0.39 is 0 Å². The number of aromatic nitrogens is 2. The van der Waals surface area contributed by atoms with Crippen molar-refractivity contribution in [1.82, 2.24) is 15.3 Å². The van der Waals surface area contributed by atoms with E-state index in [9.17, 15) is 4.79 Å². The summed E-state index contributed by atoms with van der Waals surface area (Å²) < 4.78 is 0. The second-order valence-corrected chi connectivity index (χ2v) is 6.91. The first-order valence-electron chi connectivity index (χ1n) is 9.89. The highest BCUT2D eigenvalue weighted by Gasteiger charge is 2.22. The van der Waals surface area contributed by atoms with Crippen LogP contribution in [0.2, 0.25) is 0 Å². The molecule has 2 heterocycles. The highest BCUT2D eigenvalue weighted by molar-refractivity contribution is 5.94. The Labute approximate surface area is 161 Å². The summed E-state index contributed by atoms with van der Waals surface area (Å²) in [5.74, 6) is 0.778. The quantitative estimate of drug-likeness (QED) is 0.815. The lowest BCUT2D eigenvalue weighted by molar-refractivity contribution is 0.0931. The molecule has 6 heteroatoms. The summed E-state index contributed by atoms with van der Waals surface area (Å²) in [5.41, 5.74) is 1.90. The lowest BCUT2D eigenvalue weighted by Gasteiger charge is -2.32. The van der Waals surface area contributed by atoms with Crippen LogP contribution >= 0.6 is 0 Å². The van der Waals surface area contributed by atoms with E-state index in [1.807, 2.05) is 30.3 Å². The van der Waals surface area contributed by atoms with Crippen molar-refractivity contribution in [3.05, 3.63) is 48.3 Å². The van der Waals surface area contributed by atoms with E-state index in [1.54, 1.807) is 12.4 Å². The Morgan fingerprint density at radius 3 is 2.41 bits per heavy atom. The van der Waals surface area contributed by atoms with Crippen molar-refractivity contribution in [3.8, 4) is 0 Å². The fourth-order valence-electron chi connectivity index (χ4n) is 3.51. The maximum atomic E-state index is 12.6. The van der Waals surface area contributed by atoms with Crippen LogP contribution in [0.1, 0.15) is 43.5 Å². The fourth-order valence-corrected chi connectivity index (χ4v) is 3.51. The number of hydrogen-bond acceptors (Lipinski definition) is 5. The van der Waals surface area contributed by atoms with Gasteiger partial charge in [0.15, 0.2) is 0 Å². The Bertz CT molecular complexity index is 711. The second-order valence-electron chi connectivity index (χ2n) is 6.91. The molecular weight excluding hydrogens is 338 g/mol. The molecule has 1 aromatic carbocycles. The Balaban J connectivity index is 1.52. The van der Waals surface area contributed by atoms with Crippen LogP contribution in [-0.4, -0.2) is 48.1 Å². The number of carbonyl (C=O) groups is 1. The van der Waals surface area contributed by atoms with E-state index in [0.717, 1.165) is 57.0 Å². The topological polar surface area (TPSA) is 61.4 Å².